The molecule has 1 aliphatic heterocycles. The molecule has 40 heavy (non-hydrogen) atoms. The Kier molecular flexibility index (Phi) is 9.21. The lowest BCUT2D eigenvalue weighted by atomic mass is 9.72. The van der Waals surface area contributed by atoms with E-state index >= 15 is 0 Å². The van der Waals surface area contributed by atoms with E-state index in [1.54, 1.807) is 12.1 Å². The van der Waals surface area contributed by atoms with E-state index in [1.807, 2.05) is 26.0 Å². The van der Waals surface area contributed by atoms with Crippen molar-refractivity contribution >= 4 is 43.2 Å². The fourth-order valence-corrected chi connectivity index (χ4v) is 6.59. The highest BCUT2D eigenvalue weighted by Gasteiger charge is 2.38. The number of halogens is 1. The maximum atomic E-state index is 13.5. The van der Waals surface area contributed by atoms with Gasteiger partial charge in [-0.2, -0.15) is 5.26 Å². The molecule has 2 atom stereocenters. The standard InChI is InChI=1S/C29H34BrN5O4S/c1-5-8-18-11-23-27(24(36)12-18)26(21(15-31)17(3)34-23)20-13-22(30)28(25(14-20)39-6-2)33-16-19-9-7-10-32-29(19)35-40(4,37)38/h7,9-10,13-14,18,26,33-34H,5-6,8,11-12,16H2,1-4H3,(H,32,35). The van der Waals surface area contributed by atoms with E-state index in [2.05, 4.69) is 49.3 Å². The number of sulfonamides is 1. The second-order valence-corrected chi connectivity index (χ2v) is 12.7. The number of dihydropyridines is 1. The van der Waals surface area contributed by atoms with E-state index in [9.17, 15) is 18.5 Å². The van der Waals surface area contributed by atoms with Crippen LogP contribution in [-0.2, 0) is 21.4 Å². The molecule has 4 rings (SSSR count). The van der Waals surface area contributed by atoms with Crippen LogP contribution >= 0.6 is 15.9 Å². The Morgan fingerprint density at radius 3 is 2.73 bits per heavy atom. The third-order valence-electron chi connectivity index (χ3n) is 7.07. The van der Waals surface area contributed by atoms with Crippen molar-refractivity contribution in [3.8, 4) is 11.8 Å². The van der Waals surface area contributed by atoms with Crippen LogP contribution in [0.5, 0.6) is 5.75 Å². The number of anilines is 2. The number of allylic oxidation sites excluding steroid dienone is 4. The fraction of sp³-hybridized carbons (Fsp3) is 0.414. The van der Waals surface area contributed by atoms with Crippen LogP contribution in [0.2, 0.25) is 0 Å². The molecule has 1 aliphatic carbocycles. The van der Waals surface area contributed by atoms with Gasteiger partial charge in [0.05, 0.1) is 36.1 Å². The molecule has 0 fully saturated rings. The van der Waals surface area contributed by atoms with Gasteiger partial charge in [0.2, 0.25) is 10.0 Å². The van der Waals surface area contributed by atoms with E-state index in [1.165, 1.54) is 6.20 Å². The molecule has 0 spiro atoms. The van der Waals surface area contributed by atoms with Crippen molar-refractivity contribution in [2.75, 3.05) is 22.9 Å². The number of ketones is 1. The number of carbonyl (C=O) groups excluding carboxylic acids is 1. The molecule has 2 aromatic rings. The molecule has 11 heteroatoms. The Hall–Kier alpha value is -3.36. The number of benzene rings is 1. The first-order valence-corrected chi connectivity index (χ1v) is 16.0. The van der Waals surface area contributed by atoms with Crippen molar-refractivity contribution in [3.63, 3.8) is 0 Å². The lowest BCUT2D eigenvalue weighted by Gasteiger charge is -2.35. The molecular weight excluding hydrogens is 594 g/mol. The van der Waals surface area contributed by atoms with Gasteiger partial charge in [-0.1, -0.05) is 19.4 Å². The zero-order valence-electron chi connectivity index (χ0n) is 23.1. The molecule has 3 N–H and O–H groups in total. The predicted molar refractivity (Wildman–Crippen MR) is 159 cm³/mol. The van der Waals surface area contributed by atoms with Crippen LogP contribution in [0.4, 0.5) is 11.5 Å². The molecule has 1 aromatic carbocycles. The lowest BCUT2D eigenvalue weighted by molar-refractivity contribution is -0.117. The van der Waals surface area contributed by atoms with E-state index in [0.29, 0.717) is 51.6 Å². The Labute approximate surface area is 244 Å². The Morgan fingerprint density at radius 1 is 1.27 bits per heavy atom. The Morgan fingerprint density at radius 2 is 2.05 bits per heavy atom. The van der Waals surface area contributed by atoms with Gasteiger partial charge in [0, 0.05) is 46.2 Å². The summed E-state index contributed by atoms with van der Waals surface area (Å²) in [6, 6.07) is 9.66. The molecule has 212 valence electrons. The van der Waals surface area contributed by atoms with Crippen molar-refractivity contribution in [2.24, 2.45) is 5.92 Å². The first kappa shape index (κ1) is 29.6. The SMILES string of the molecule is CCCC1CC(=O)C2=C(C1)NC(C)=C(C#N)C2c1cc(Br)c(NCc2cccnc2NS(C)(=O)=O)c(OCC)c1. The minimum Gasteiger partial charge on any atom is -0.492 e. The minimum absolute atomic E-state index is 0.0798. The summed E-state index contributed by atoms with van der Waals surface area (Å²) in [5, 5.41) is 16.8. The van der Waals surface area contributed by atoms with Gasteiger partial charge < -0.3 is 15.4 Å². The number of hydrogen-bond acceptors (Lipinski definition) is 8. The number of nitrogens with one attached hydrogen (secondary N) is 3. The van der Waals surface area contributed by atoms with E-state index in [4.69, 9.17) is 4.74 Å². The summed E-state index contributed by atoms with van der Waals surface area (Å²) in [5.74, 6) is 0.679. The number of aromatic nitrogens is 1. The van der Waals surface area contributed by atoms with Crippen LogP contribution in [0.15, 0.2) is 57.5 Å². The largest absolute Gasteiger partial charge is 0.492 e. The molecule has 0 radical (unpaired) electrons. The molecular formula is C29H34BrN5O4S. The highest BCUT2D eigenvalue weighted by Crippen LogP contribution is 2.46. The minimum atomic E-state index is -3.50. The molecule has 0 bridgehead atoms. The van der Waals surface area contributed by atoms with Gasteiger partial charge in [0.1, 0.15) is 11.6 Å². The van der Waals surface area contributed by atoms with Gasteiger partial charge in [-0.15, -0.1) is 0 Å². The first-order valence-electron chi connectivity index (χ1n) is 13.3. The number of ether oxygens (including phenoxy) is 1. The summed E-state index contributed by atoms with van der Waals surface area (Å²) in [6.45, 7) is 6.56. The highest BCUT2D eigenvalue weighted by molar-refractivity contribution is 9.10. The van der Waals surface area contributed by atoms with E-state index in [-0.39, 0.29) is 18.1 Å². The van der Waals surface area contributed by atoms with Gasteiger partial charge in [0.25, 0.3) is 0 Å². The zero-order chi connectivity index (χ0) is 29.0. The number of rotatable bonds is 10. The molecule has 0 amide bonds. The molecule has 0 saturated carbocycles. The zero-order valence-corrected chi connectivity index (χ0v) is 25.5. The maximum Gasteiger partial charge on any atom is 0.230 e. The van der Waals surface area contributed by atoms with Crippen LogP contribution in [0.25, 0.3) is 0 Å². The average Bonchev–Trinajstić information content (AvgIpc) is 2.87. The monoisotopic (exact) mass is 627 g/mol. The summed E-state index contributed by atoms with van der Waals surface area (Å²) in [6.07, 6.45) is 5.88. The quantitative estimate of drug-likeness (QED) is 0.303. The Balaban J connectivity index is 1.73. The van der Waals surface area contributed by atoms with Crippen molar-refractivity contribution in [1.29, 1.82) is 5.26 Å². The van der Waals surface area contributed by atoms with Gasteiger partial charge in [0.15, 0.2) is 5.78 Å². The maximum absolute atomic E-state index is 13.5. The van der Waals surface area contributed by atoms with Crippen LogP contribution in [0.3, 0.4) is 0 Å². The molecule has 2 aliphatic rings. The summed E-state index contributed by atoms with van der Waals surface area (Å²) in [4.78, 5) is 17.6. The number of hydrogen-bond donors (Lipinski definition) is 3. The van der Waals surface area contributed by atoms with Gasteiger partial charge in [-0.05, 0) is 72.3 Å². The average molecular weight is 629 g/mol. The topological polar surface area (TPSA) is 133 Å². The fourth-order valence-electron chi connectivity index (χ4n) is 5.45. The number of Topliss-reactive ketones (excluding diaryl/α,β-unsaturated/α-hetero) is 1. The highest BCUT2D eigenvalue weighted by atomic mass is 79.9. The number of nitriles is 1. The smallest absolute Gasteiger partial charge is 0.230 e. The molecule has 2 unspecified atom stereocenters. The third-order valence-corrected chi connectivity index (χ3v) is 8.26. The summed E-state index contributed by atoms with van der Waals surface area (Å²) >= 11 is 3.68. The van der Waals surface area contributed by atoms with Gasteiger partial charge in [-0.25, -0.2) is 13.4 Å². The molecule has 2 heterocycles. The number of carbonyl (C=O) groups is 1. The predicted octanol–water partition coefficient (Wildman–Crippen LogP) is 5.74. The van der Waals surface area contributed by atoms with Crippen LogP contribution < -0.4 is 20.1 Å². The van der Waals surface area contributed by atoms with Gasteiger partial charge in [-0.3, -0.25) is 9.52 Å². The summed E-state index contributed by atoms with van der Waals surface area (Å²) in [5.41, 5.74) is 4.96. The van der Waals surface area contributed by atoms with E-state index in [0.717, 1.165) is 42.5 Å². The first-order chi connectivity index (χ1) is 19.1. The van der Waals surface area contributed by atoms with E-state index < -0.39 is 15.9 Å². The van der Waals surface area contributed by atoms with Crippen LogP contribution in [0, 0.1) is 17.2 Å². The van der Waals surface area contributed by atoms with Crippen molar-refractivity contribution < 1.29 is 17.9 Å². The van der Waals surface area contributed by atoms with Crippen molar-refractivity contribution in [3.05, 3.63) is 68.6 Å². The Bertz CT molecular complexity index is 1530. The lowest BCUT2D eigenvalue weighted by Crippen LogP contribution is -2.34. The number of nitrogens with zero attached hydrogens (tertiary/aromatic N) is 2. The third kappa shape index (κ3) is 6.50. The van der Waals surface area contributed by atoms with Crippen molar-refractivity contribution in [2.45, 2.75) is 58.9 Å². The van der Waals surface area contributed by atoms with Crippen molar-refractivity contribution in [1.82, 2.24) is 10.3 Å². The van der Waals surface area contributed by atoms with Gasteiger partial charge >= 0.3 is 0 Å². The normalized spacial score (nSPS) is 19.1. The number of pyridine rings is 1. The van der Waals surface area contributed by atoms with Crippen LogP contribution in [-0.4, -0.2) is 32.0 Å². The molecule has 9 nitrogen and oxygen atoms in total. The van der Waals surface area contributed by atoms with Crippen LogP contribution in [0.1, 0.15) is 63.5 Å². The summed E-state index contributed by atoms with van der Waals surface area (Å²) < 4.78 is 32.8. The second-order valence-electron chi connectivity index (χ2n) is 10.1. The molecule has 1 aromatic heterocycles. The second kappa shape index (κ2) is 12.4. The summed E-state index contributed by atoms with van der Waals surface area (Å²) in [7, 11) is -3.50. The molecule has 0 saturated heterocycles.